The molecule has 1 heterocycles. The van der Waals surface area contributed by atoms with Crippen molar-refractivity contribution >= 4 is 11.6 Å². The van der Waals surface area contributed by atoms with Crippen molar-refractivity contribution in [3.8, 4) is 5.75 Å². The quantitative estimate of drug-likeness (QED) is 0.695. The molecular weight excluding hydrogens is 364 g/mol. The van der Waals surface area contributed by atoms with E-state index in [1.165, 1.54) is 37.8 Å². The molecule has 0 aromatic heterocycles. The number of rotatable bonds is 8. The van der Waals surface area contributed by atoms with Crippen LogP contribution in [0.2, 0.25) is 0 Å². The Kier molecular flexibility index (Phi) is 7.28. The third kappa shape index (κ3) is 5.35. The van der Waals surface area contributed by atoms with Gasteiger partial charge in [-0.25, -0.2) is 4.99 Å². The number of aliphatic hydroxyl groups excluding tert-OH is 1. The molecule has 6 nitrogen and oxygen atoms in total. The fourth-order valence-corrected chi connectivity index (χ4v) is 4.78. The molecule has 1 aromatic rings. The van der Waals surface area contributed by atoms with Crippen LogP contribution >= 0.6 is 0 Å². The maximum absolute atomic E-state index is 10.6. The van der Waals surface area contributed by atoms with E-state index in [-0.39, 0.29) is 0 Å². The van der Waals surface area contributed by atoms with Gasteiger partial charge in [0.15, 0.2) is 5.96 Å². The second-order valence-corrected chi connectivity index (χ2v) is 8.66. The Morgan fingerprint density at radius 2 is 1.97 bits per heavy atom. The highest BCUT2D eigenvalue weighted by Gasteiger charge is 2.41. The molecule has 0 amide bonds. The molecule has 1 fully saturated rings. The van der Waals surface area contributed by atoms with Crippen molar-refractivity contribution in [3.63, 3.8) is 0 Å². The number of anilines is 1. The number of hydrogen-bond donors (Lipinski definition) is 2. The Hall–Kier alpha value is -1.95. The first-order chi connectivity index (χ1) is 14.0. The standard InChI is InChI=1S/C23H38N4O2/c1-4-27(5-2)19-12-9-13-20(14-19)29-17-23(15-18-10-7-6-8-11-18)16-21(28)26(3)22(24)25-23/h9,12-14,18,21,28H,4-8,10-11,15-17H2,1-3H3,(H2,24,25). The van der Waals surface area contributed by atoms with Gasteiger partial charge in [-0.2, -0.15) is 0 Å². The molecule has 3 rings (SSSR count). The molecule has 0 radical (unpaired) electrons. The minimum absolute atomic E-state index is 0.403. The molecule has 1 saturated carbocycles. The second-order valence-electron chi connectivity index (χ2n) is 8.66. The third-order valence-corrected chi connectivity index (χ3v) is 6.57. The molecule has 0 spiro atoms. The third-order valence-electron chi connectivity index (χ3n) is 6.57. The van der Waals surface area contributed by atoms with Crippen molar-refractivity contribution in [2.24, 2.45) is 16.6 Å². The molecule has 0 bridgehead atoms. The predicted molar refractivity (Wildman–Crippen MR) is 119 cm³/mol. The zero-order valence-corrected chi connectivity index (χ0v) is 18.3. The Bertz CT molecular complexity index is 685. The van der Waals surface area contributed by atoms with Gasteiger partial charge in [-0.15, -0.1) is 0 Å². The average molecular weight is 403 g/mol. The Balaban J connectivity index is 1.78. The molecule has 0 saturated heterocycles. The van der Waals surface area contributed by atoms with Gasteiger partial charge < -0.3 is 25.4 Å². The van der Waals surface area contributed by atoms with Crippen LogP contribution < -0.4 is 15.4 Å². The molecule has 162 valence electrons. The highest BCUT2D eigenvalue weighted by atomic mass is 16.5. The second kappa shape index (κ2) is 9.70. The highest BCUT2D eigenvalue weighted by molar-refractivity contribution is 5.79. The van der Waals surface area contributed by atoms with Gasteiger partial charge in [0.2, 0.25) is 0 Å². The number of hydrogen-bond acceptors (Lipinski definition) is 6. The average Bonchev–Trinajstić information content (AvgIpc) is 2.73. The fourth-order valence-electron chi connectivity index (χ4n) is 4.78. The molecule has 1 aliphatic heterocycles. The van der Waals surface area contributed by atoms with Gasteiger partial charge >= 0.3 is 0 Å². The van der Waals surface area contributed by atoms with Crippen LogP contribution in [0.5, 0.6) is 5.75 Å². The van der Waals surface area contributed by atoms with Crippen LogP contribution in [-0.2, 0) is 0 Å². The van der Waals surface area contributed by atoms with Gasteiger partial charge in [0.25, 0.3) is 0 Å². The molecule has 6 heteroatoms. The predicted octanol–water partition coefficient (Wildman–Crippen LogP) is 3.59. The minimum Gasteiger partial charge on any atom is -0.491 e. The number of nitrogens with zero attached hydrogens (tertiary/aromatic N) is 3. The Morgan fingerprint density at radius 1 is 1.24 bits per heavy atom. The van der Waals surface area contributed by atoms with Gasteiger partial charge in [0.05, 0.1) is 0 Å². The summed E-state index contributed by atoms with van der Waals surface area (Å²) in [6.45, 7) is 6.69. The summed E-state index contributed by atoms with van der Waals surface area (Å²) in [6.07, 6.45) is 7.23. The Labute approximate surface area is 175 Å². The van der Waals surface area contributed by atoms with E-state index in [4.69, 9.17) is 15.5 Å². The van der Waals surface area contributed by atoms with Crippen LogP contribution in [0.1, 0.15) is 58.8 Å². The van der Waals surface area contributed by atoms with Crippen LogP contribution in [0, 0.1) is 5.92 Å². The van der Waals surface area contributed by atoms with Crippen molar-refractivity contribution in [2.45, 2.75) is 70.6 Å². The highest BCUT2D eigenvalue weighted by Crippen LogP contribution is 2.37. The zero-order chi connectivity index (χ0) is 20.9. The van der Waals surface area contributed by atoms with Crippen LogP contribution in [0.4, 0.5) is 5.69 Å². The van der Waals surface area contributed by atoms with Crippen molar-refractivity contribution in [1.29, 1.82) is 0 Å². The fraction of sp³-hybridized carbons (Fsp3) is 0.696. The summed E-state index contributed by atoms with van der Waals surface area (Å²) in [6, 6.07) is 8.25. The van der Waals surface area contributed by atoms with Crippen LogP contribution in [0.15, 0.2) is 29.3 Å². The van der Waals surface area contributed by atoms with Gasteiger partial charge in [-0.05, 0) is 38.3 Å². The zero-order valence-electron chi connectivity index (χ0n) is 18.3. The first-order valence-corrected chi connectivity index (χ1v) is 11.2. The SMILES string of the molecule is CCN(CC)c1cccc(OCC2(CC3CCCCC3)CC(O)N(C)C(N)=N2)c1. The number of benzene rings is 1. The molecule has 2 aliphatic rings. The minimum atomic E-state index is -0.623. The van der Waals surface area contributed by atoms with E-state index in [0.717, 1.165) is 25.3 Å². The normalized spacial score (nSPS) is 25.6. The monoisotopic (exact) mass is 402 g/mol. The molecule has 29 heavy (non-hydrogen) atoms. The van der Waals surface area contributed by atoms with Crippen molar-refractivity contribution in [1.82, 2.24) is 4.90 Å². The first kappa shape index (κ1) is 21.8. The van der Waals surface area contributed by atoms with Crippen LogP contribution in [0.25, 0.3) is 0 Å². The summed E-state index contributed by atoms with van der Waals surface area (Å²) in [5.74, 6) is 1.88. The smallest absolute Gasteiger partial charge is 0.193 e. The van der Waals surface area contributed by atoms with Crippen molar-refractivity contribution in [2.75, 3.05) is 31.6 Å². The molecule has 3 N–H and O–H groups in total. The largest absolute Gasteiger partial charge is 0.491 e. The summed E-state index contributed by atoms with van der Waals surface area (Å²) in [7, 11) is 1.79. The summed E-state index contributed by atoms with van der Waals surface area (Å²) >= 11 is 0. The molecular formula is C23H38N4O2. The van der Waals surface area contributed by atoms with E-state index in [9.17, 15) is 5.11 Å². The first-order valence-electron chi connectivity index (χ1n) is 11.2. The van der Waals surface area contributed by atoms with Gasteiger partial charge in [0.1, 0.15) is 24.1 Å². The van der Waals surface area contributed by atoms with Crippen molar-refractivity contribution < 1.29 is 9.84 Å². The maximum Gasteiger partial charge on any atom is 0.193 e. The lowest BCUT2D eigenvalue weighted by Gasteiger charge is -2.42. The molecule has 2 atom stereocenters. The summed E-state index contributed by atoms with van der Waals surface area (Å²) in [5.41, 5.74) is 6.87. The van der Waals surface area contributed by atoms with E-state index < -0.39 is 11.8 Å². The number of ether oxygens (including phenoxy) is 1. The van der Waals surface area contributed by atoms with Crippen LogP contribution in [0.3, 0.4) is 0 Å². The summed E-state index contributed by atoms with van der Waals surface area (Å²) in [5, 5.41) is 10.6. The van der Waals surface area contributed by atoms with E-state index in [0.29, 0.717) is 24.9 Å². The Morgan fingerprint density at radius 3 is 2.62 bits per heavy atom. The number of nitrogens with two attached hydrogens (primary N) is 1. The van der Waals surface area contributed by atoms with Gasteiger partial charge in [0, 0.05) is 38.3 Å². The van der Waals surface area contributed by atoms with Gasteiger partial charge in [-0.3, -0.25) is 0 Å². The van der Waals surface area contributed by atoms with Gasteiger partial charge in [-0.1, -0.05) is 38.2 Å². The summed E-state index contributed by atoms with van der Waals surface area (Å²) < 4.78 is 6.28. The maximum atomic E-state index is 10.6. The van der Waals surface area contributed by atoms with E-state index in [1.54, 1.807) is 11.9 Å². The lowest BCUT2D eigenvalue weighted by Crippen LogP contribution is -2.54. The van der Waals surface area contributed by atoms with Crippen molar-refractivity contribution in [3.05, 3.63) is 24.3 Å². The number of aliphatic imine (C=N–C) groups is 1. The van der Waals surface area contributed by atoms with E-state index in [1.807, 2.05) is 12.1 Å². The van der Waals surface area contributed by atoms with E-state index >= 15 is 0 Å². The van der Waals surface area contributed by atoms with E-state index in [2.05, 4.69) is 30.9 Å². The molecule has 1 aromatic carbocycles. The van der Waals surface area contributed by atoms with Crippen LogP contribution in [-0.4, -0.2) is 54.5 Å². The lowest BCUT2D eigenvalue weighted by atomic mass is 9.77. The number of aliphatic hydroxyl groups is 1. The lowest BCUT2D eigenvalue weighted by molar-refractivity contribution is 0.00759. The summed E-state index contributed by atoms with van der Waals surface area (Å²) in [4.78, 5) is 8.83. The molecule has 1 aliphatic carbocycles. The topological polar surface area (TPSA) is 74.3 Å². The molecule has 2 unspecified atom stereocenters. The number of guanidine groups is 1.